The smallest absolute Gasteiger partial charge is 0.322 e. The predicted octanol–water partition coefficient (Wildman–Crippen LogP) is 3.32. The average molecular weight is 407 g/mol. The Hall–Kier alpha value is -2.35. The Morgan fingerprint density at radius 1 is 1.32 bits per heavy atom. The normalized spacial score (nSPS) is 17.0. The summed E-state index contributed by atoms with van der Waals surface area (Å²) in [6, 6.07) is 7.48. The summed E-state index contributed by atoms with van der Waals surface area (Å²) in [5, 5.41) is 2.89. The zero-order valence-corrected chi connectivity index (χ0v) is 15.4. The van der Waals surface area contributed by atoms with Crippen LogP contribution in [0.15, 0.2) is 41.1 Å². The van der Waals surface area contributed by atoms with Crippen LogP contribution >= 0.6 is 15.9 Å². The number of ether oxygens (including phenoxy) is 2. The quantitative estimate of drug-likeness (QED) is 0.842. The second-order valence-electron chi connectivity index (χ2n) is 5.64. The van der Waals surface area contributed by atoms with Gasteiger partial charge in [-0.05, 0) is 40.9 Å². The molecular weight excluding hydrogens is 388 g/mol. The van der Waals surface area contributed by atoms with Gasteiger partial charge in [0, 0.05) is 18.9 Å². The van der Waals surface area contributed by atoms with E-state index >= 15 is 0 Å². The number of methoxy groups -OCH3 is 1. The van der Waals surface area contributed by atoms with Crippen LogP contribution in [0.3, 0.4) is 0 Å². The minimum absolute atomic E-state index is 0.127. The highest BCUT2D eigenvalue weighted by atomic mass is 79.9. The van der Waals surface area contributed by atoms with Crippen LogP contribution in [0.2, 0.25) is 0 Å². The minimum Gasteiger partial charge on any atom is -0.495 e. The molecule has 0 aliphatic carbocycles. The van der Waals surface area contributed by atoms with Crippen molar-refractivity contribution in [2.75, 3.05) is 25.5 Å². The Balaban J connectivity index is 1.60. The third kappa shape index (κ3) is 4.60. The van der Waals surface area contributed by atoms with Gasteiger partial charge in [0.25, 0.3) is 0 Å². The molecular formula is C17H19BrN4O3. The van der Waals surface area contributed by atoms with Crippen LogP contribution in [-0.4, -0.2) is 47.2 Å². The fourth-order valence-corrected chi connectivity index (χ4v) is 2.88. The SMILES string of the molecule is COc1ccccc1NC(=O)N1CCCC(Oc2ncc(Br)cn2)C1. The zero-order valence-electron chi connectivity index (χ0n) is 13.8. The molecule has 3 rings (SSSR count). The van der Waals surface area contributed by atoms with Crippen molar-refractivity contribution < 1.29 is 14.3 Å². The Labute approximate surface area is 154 Å². The van der Waals surface area contributed by atoms with Gasteiger partial charge in [0.2, 0.25) is 0 Å². The monoisotopic (exact) mass is 406 g/mol. The first kappa shape index (κ1) is 17.5. The van der Waals surface area contributed by atoms with Gasteiger partial charge in [0.05, 0.1) is 23.8 Å². The Bertz CT molecular complexity index is 726. The number of benzene rings is 1. The molecule has 0 saturated carbocycles. The first-order valence-corrected chi connectivity index (χ1v) is 8.78. The van der Waals surface area contributed by atoms with Gasteiger partial charge in [-0.2, -0.15) is 0 Å². The number of nitrogens with zero attached hydrogens (tertiary/aromatic N) is 3. The van der Waals surface area contributed by atoms with Gasteiger partial charge in [-0.3, -0.25) is 0 Å². The number of likely N-dealkylation sites (tertiary alicyclic amines) is 1. The molecule has 2 aromatic rings. The maximum absolute atomic E-state index is 12.5. The standard InChI is InChI=1S/C17H19BrN4O3/c1-24-15-7-3-2-6-14(15)21-17(23)22-8-4-5-13(11-22)25-16-19-9-12(18)10-20-16/h2-3,6-7,9-10,13H,4-5,8,11H2,1H3,(H,21,23). The number of hydrogen-bond acceptors (Lipinski definition) is 5. The molecule has 1 fully saturated rings. The van der Waals surface area contributed by atoms with Crippen molar-refractivity contribution in [3.63, 3.8) is 0 Å². The summed E-state index contributed by atoms with van der Waals surface area (Å²) in [6.45, 7) is 1.17. The van der Waals surface area contributed by atoms with Crippen LogP contribution in [0, 0.1) is 0 Å². The largest absolute Gasteiger partial charge is 0.495 e. The summed E-state index contributed by atoms with van der Waals surface area (Å²) in [5.41, 5.74) is 0.647. The number of piperidine rings is 1. The lowest BCUT2D eigenvalue weighted by atomic mass is 10.1. The number of nitrogens with one attached hydrogen (secondary N) is 1. The van der Waals surface area contributed by atoms with Crippen LogP contribution in [0.1, 0.15) is 12.8 Å². The first-order chi connectivity index (χ1) is 12.2. The molecule has 0 radical (unpaired) electrons. The minimum atomic E-state index is -0.172. The van der Waals surface area contributed by atoms with E-state index in [1.165, 1.54) is 0 Å². The first-order valence-electron chi connectivity index (χ1n) is 7.99. The van der Waals surface area contributed by atoms with Crippen molar-refractivity contribution in [3.05, 3.63) is 41.1 Å². The third-order valence-electron chi connectivity index (χ3n) is 3.88. The molecule has 7 nitrogen and oxygen atoms in total. The van der Waals surface area contributed by atoms with Crippen molar-refractivity contribution in [2.45, 2.75) is 18.9 Å². The number of carbonyl (C=O) groups excluding carboxylic acids is 1. The number of amides is 2. The fourth-order valence-electron chi connectivity index (χ4n) is 2.67. The molecule has 8 heteroatoms. The average Bonchev–Trinajstić information content (AvgIpc) is 2.64. The molecule has 1 aromatic heterocycles. The van der Waals surface area contributed by atoms with E-state index in [1.54, 1.807) is 24.4 Å². The number of halogens is 1. The maximum atomic E-state index is 12.5. The van der Waals surface area contributed by atoms with E-state index < -0.39 is 0 Å². The van der Waals surface area contributed by atoms with E-state index in [9.17, 15) is 4.79 Å². The number of carbonyl (C=O) groups is 1. The summed E-state index contributed by atoms with van der Waals surface area (Å²) >= 11 is 3.29. The molecule has 25 heavy (non-hydrogen) atoms. The number of urea groups is 1. The Morgan fingerprint density at radius 3 is 2.84 bits per heavy atom. The maximum Gasteiger partial charge on any atom is 0.322 e. The van der Waals surface area contributed by atoms with Gasteiger partial charge < -0.3 is 19.7 Å². The fraction of sp³-hybridized carbons (Fsp3) is 0.353. The molecule has 1 unspecified atom stereocenters. The highest BCUT2D eigenvalue weighted by molar-refractivity contribution is 9.10. The summed E-state index contributed by atoms with van der Waals surface area (Å²) in [6.07, 6.45) is 4.87. The highest BCUT2D eigenvalue weighted by Gasteiger charge is 2.26. The second-order valence-corrected chi connectivity index (χ2v) is 6.56. The lowest BCUT2D eigenvalue weighted by Gasteiger charge is -2.32. The molecule has 132 valence electrons. The van der Waals surface area contributed by atoms with Gasteiger partial charge in [0.15, 0.2) is 0 Å². The van der Waals surface area contributed by atoms with E-state index in [4.69, 9.17) is 9.47 Å². The van der Waals surface area contributed by atoms with Crippen LogP contribution in [0.4, 0.5) is 10.5 Å². The van der Waals surface area contributed by atoms with Crippen molar-refractivity contribution in [1.29, 1.82) is 0 Å². The van der Waals surface area contributed by atoms with Crippen LogP contribution < -0.4 is 14.8 Å². The van der Waals surface area contributed by atoms with Crippen molar-refractivity contribution in [1.82, 2.24) is 14.9 Å². The number of rotatable bonds is 4. The van der Waals surface area contributed by atoms with E-state index in [0.717, 1.165) is 17.3 Å². The summed E-state index contributed by atoms with van der Waals surface area (Å²) in [7, 11) is 1.58. The van der Waals surface area contributed by atoms with Crippen molar-refractivity contribution in [3.8, 4) is 11.8 Å². The van der Waals surface area contributed by atoms with Crippen molar-refractivity contribution >= 4 is 27.6 Å². The van der Waals surface area contributed by atoms with E-state index in [1.807, 2.05) is 24.3 Å². The number of anilines is 1. The Kier molecular flexibility index (Phi) is 5.70. The van der Waals surface area contributed by atoms with E-state index in [-0.39, 0.29) is 12.1 Å². The van der Waals surface area contributed by atoms with Gasteiger partial charge in [-0.15, -0.1) is 0 Å². The lowest BCUT2D eigenvalue weighted by Crippen LogP contribution is -2.46. The lowest BCUT2D eigenvalue weighted by molar-refractivity contribution is 0.0982. The second kappa shape index (κ2) is 8.15. The molecule has 2 heterocycles. The molecule has 1 aromatic carbocycles. The number of hydrogen-bond donors (Lipinski definition) is 1. The molecule has 0 bridgehead atoms. The summed E-state index contributed by atoms with van der Waals surface area (Å²) in [4.78, 5) is 22.5. The third-order valence-corrected chi connectivity index (χ3v) is 4.29. The molecule has 2 amide bonds. The van der Waals surface area contributed by atoms with Crippen molar-refractivity contribution in [2.24, 2.45) is 0 Å². The topological polar surface area (TPSA) is 76.6 Å². The van der Waals surface area contributed by atoms with Gasteiger partial charge in [-0.25, -0.2) is 14.8 Å². The number of aromatic nitrogens is 2. The van der Waals surface area contributed by atoms with E-state index in [0.29, 0.717) is 30.5 Å². The molecule has 1 atom stereocenters. The molecule has 1 aliphatic rings. The number of para-hydroxylation sites is 2. The van der Waals surface area contributed by atoms with E-state index in [2.05, 4.69) is 31.2 Å². The van der Waals surface area contributed by atoms with Crippen LogP contribution in [0.25, 0.3) is 0 Å². The molecule has 1 saturated heterocycles. The van der Waals surface area contributed by atoms with Crippen LogP contribution in [0.5, 0.6) is 11.8 Å². The highest BCUT2D eigenvalue weighted by Crippen LogP contribution is 2.24. The summed E-state index contributed by atoms with van der Waals surface area (Å²) in [5.74, 6) is 0.629. The van der Waals surface area contributed by atoms with Gasteiger partial charge in [-0.1, -0.05) is 12.1 Å². The van der Waals surface area contributed by atoms with Gasteiger partial charge in [0.1, 0.15) is 11.9 Å². The Morgan fingerprint density at radius 2 is 2.08 bits per heavy atom. The molecule has 1 N–H and O–H groups in total. The molecule has 1 aliphatic heterocycles. The zero-order chi connectivity index (χ0) is 17.6. The van der Waals surface area contributed by atoms with Gasteiger partial charge >= 0.3 is 12.0 Å². The van der Waals surface area contributed by atoms with Crippen LogP contribution in [-0.2, 0) is 0 Å². The molecule has 0 spiro atoms. The predicted molar refractivity (Wildman–Crippen MR) is 97.0 cm³/mol. The summed E-state index contributed by atoms with van der Waals surface area (Å²) < 4.78 is 11.9.